The third-order valence-corrected chi connectivity index (χ3v) is 6.47. The first-order chi connectivity index (χ1) is 15.3. The maximum atomic E-state index is 13.6. The van der Waals surface area contributed by atoms with E-state index in [9.17, 15) is 21.6 Å². The fourth-order valence-corrected chi connectivity index (χ4v) is 4.93. The Morgan fingerprint density at radius 1 is 0.906 bits per heavy atom. The summed E-state index contributed by atoms with van der Waals surface area (Å²) in [5.41, 5.74) is -0.340. The Balaban J connectivity index is 1.75. The van der Waals surface area contributed by atoms with Gasteiger partial charge >= 0.3 is 6.18 Å². The van der Waals surface area contributed by atoms with Crippen molar-refractivity contribution in [3.8, 4) is 5.75 Å². The van der Waals surface area contributed by atoms with Crippen molar-refractivity contribution in [2.24, 2.45) is 0 Å². The van der Waals surface area contributed by atoms with E-state index in [4.69, 9.17) is 9.47 Å². The molecule has 0 radical (unpaired) electrons. The summed E-state index contributed by atoms with van der Waals surface area (Å²) in [6, 6.07) is 20.2. The number of para-hydroxylation sites is 3. The summed E-state index contributed by atoms with van der Waals surface area (Å²) in [6.45, 7) is 0.318. The summed E-state index contributed by atoms with van der Waals surface area (Å²) >= 11 is 0. The molecule has 0 spiro atoms. The molecule has 4 rings (SSSR count). The molecular weight excluding hydrogens is 443 g/mol. The Morgan fingerprint density at radius 3 is 1.97 bits per heavy atom. The molecule has 0 aromatic heterocycles. The maximum Gasteiger partial charge on any atom is 0.419 e. The minimum absolute atomic E-state index is 0.0719. The van der Waals surface area contributed by atoms with Crippen LogP contribution >= 0.6 is 0 Å². The standard InChI is InChI=1S/C23H20F3NO4S/c24-23(25,26)21-13-7-8-17(22(21)31-15-20-14-30-20)16-32(28,29)27(18-9-3-1-4-10-18)19-11-5-2-6-12-19/h1-13,20H,14-16H2. The second kappa shape index (κ2) is 8.84. The number of halogens is 3. The summed E-state index contributed by atoms with van der Waals surface area (Å²) < 4.78 is 79.5. The molecule has 0 saturated carbocycles. The number of ether oxygens (including phenoxy) is 2. The molecule has 1 aliphatic heterocycles. The molecular formula is C23H20F3NO4S. The monoisotopic (exact) mass is 463 g/mol. The molecule has 168 valence electrons. The summed E-state index contributed by atoms with van der Waals surface area (Å²) in [5.74, 6) is -1.16. The molecule has 1 heterocycles. The number of hydrogen-bond acceptors (Lipinski definition) is 4. The fourth-order valence-electron chi connectivity index (χ4n) is 3.29. The molecule has 1 atom stereocenters. The molecule has 1 fully saturated rings. The molecule has 0 bridgehead atoms. The molecule has 3 aromatic rings. The maximum absolute atomic E-state index is 13.6. The minimum Gasteiger partial charge on any atom is -0.490 e. The van der Waals surface area contributed by atoms with Gasteiger partial charge in [0.1, 0.15) is 18.5 Å². The van der Waals surface area contributed by atoms with Crippen LogP contribution in [0.2, 0.25) is 0 Å². The first kappa shape index (κ1) is 22.2. The summed E-state index contributed by atoms with van der Waals surface area (Å²) in [5, 5.41) is 0. The van der Waals surface area contributed by atoms with E-state index in [1.165, 1.54) is 12.1 Å². The summed E-state index contributed by atoms with van der Waals surface area (Å²) in [4.78, 5) is 0. The average Bonchev–Trinajstić information content (AvgIpc) is 3.58. The number of epoxide rings is 1. The number of rotatable bonds is 8. The van der Waals surface area contributed by atoms with Crippen LogP contribution in [-0.4, -0.2) is 27.7 Å². The largest absolute Gasteiger partial charge is 0.490 e. The van der Waals surface area contributed by atoms with Crippen molar-refractivity contribution in [2.45, 2.75) is 18.0 Å². The highest BCUT2D eigenvalue weighted by atomic mass is 32.2. The number of alkyl halides is 3. The SMILES string of the molecule is O=S(=O)(Cc1cccc(C(F)(F)F)c1OCC1CO1)N(c1ccccc1)c1ccccc1. The Morgan fingerprint density at radius 2 is 1.47 bits per heavy atom. The molecule has 1 unspecified atom stereocenters. The van der Waals surface area contributed by atoms with Gasteiger partial charge in [-0.25, -0.2) is 12.7 Å². The van der Waals surface area contributed by atoms with Gasteiger partial charge in [-0.3, -0.25) is 0 Å². The Kier molecular flexibility index (Phi) is 6.12. The fraction of sp³-hybridized carbons (Fsp3) is 0.217. The van der Waals surface area contributed by atoms with Crippen LogP contribution in [0, 0.1) is 0 Å². The van der Waals surface area contributed by atoms with Crippen LogP contribution in [0.25, 0.3) is 0 Å². The number of hydrogen-bond donors (Lipinski definition) is 0. The summed E-state index contributed by atoms with van der Waals surface area (Å²) in [7, 11) is -4.13. The quantitative estimate of drug-likeness (QED) is 0.434. The van der Waals surface area contributed by atoms with Crippen LogP contribution in [0.4, 0.5) is 24.5 Å². The third-order valence-electron chi connectivity index (χ3n) is 4.82. The Labute approximate surface area is 184 Å². The van der Waals surface area contributed by atoms with Gasteiger partial charge in [-0.2, -0.15) is 13.2 Å². The van der Waals surface area contributed by atoms with Gasteiger partial charge in [-0.15, -0.1) is 0 Å². The lowest BCUT2D eigenvalue weighted by atomic mass is 10.1. The topological polar surface area (TPSA) is 59.1 Å². The number of nitrogens with zero attached hydrogens (tertiary/aromatic N) is 1. The highest BCUT2D eigenvalue weighted by Gasteiger charge is 2.37. The molecule has 0 aliphatic carbocycles. The zero-order valence-electron chi connectivity index (χ0n) is 16.8. The van der Waals surface area contributed by atoms with Gasteiger partial charge < -0.3 is 9.47 Å². The van der Waals surface area contributed by atoms with Gasteiger partial charge in [0.25, 0.3) is 0 Å². The number of sulfonamides is 1. The average molecular weight is 463 g/mol. The Bertz CT molecular complexity index is 1130. The second-order valence-corrected chi connectivity index (χ2v) is 9.07. The lowest BCUT2D eigenvalue weighted by molar-refractivity contribution is -0.139. The number of benzene rings is 3. The van der Waals surface area contributed by atoms with Crippen LogP contribution in [0.5, 0.6) is 5.75 Å². The normalized spacial score (nSPS) is 15.9. The second-order valence-electron chi connectivity index (χ2n) is 7.25. The van der Waals surface area contributed by atoms with Crippen LogP contribution in [0.3, 0.4) is 0 Å². The molecule has 3 aromatic carbocycles. The minimum atomic E-state index is -4.70. The van der Waals surface area contributed by atoms with Crippen LogP contribution in [0.15, 0.2) is 78.9 Å². The van der Waals surface area contributed by atoms with Gasteiger partial charge in [0.15, 0.2) is 0 Å². The molecule has 1 aliphatic rings. The van der Waals surface area contributed by atoms with Gasteiger partial charge in [-0.05, 0) is 30.3 Å². The van der Waals surface area contributed by atoms with E-state index in [0.29, 0.717) is 18.0 Å². The van der Waals surface area contributed by atoms with Crippen LogP contribution < -0.4 is 9.04 Å². The lowest BCUT2D eigenvalue weighted by Crippen LogP contribution is -2.28. The first-order valence-corrected chi connectivity index (χ1v) is 11.4. The van der Waals surface area contributed by atoms with Crippen molar-refractivity contribution < 1.29 is 31.1 Å². The molecule has 5 nitrogen and oxygen atoms in total. The molecule has 0 amide bonds. The van der Waals surface area contributed by atoms with Crippen LogP contribution in [-0.2, 0) is 26.7 Å². The van der Waals surface area contributed by atoms with Crippen molar-refractivity contribution in [1.82, 2.24) is 0 Å². The zero-order chi connectivity index (χ0) is 22.8. The van der Waals surface area contributed by atoms with Crippen LogP contribution in [0.1, 0.15) is 11.1 Å². The van der Waals surface area contributed by atoms with E-state index in [1.807, 2.05) is 0 Å². The predicted octanol–water partition coefficient (Wildman–Crippen LogP) is 5.15. The lowest BCUT2D eigenvalue weighted by Gasteiger charge is -2.25. The highest BCUT2D eigenvalue weighted by Crippen LogP contribution is 2.40. The zero-order valence-corrected chi connectivity index (χ0v) is 17.6. The van der Waals surface area contributed by atoms with Gasteiger partial charge in [0.2, 0.25) is 10.0 Å². The predicted molar refractivity (Wildman–Crippen MR) is 114 cm³/mol. The van der Waals surface area contributed by atoms with Crippen molar-refractivity contribution in [1.29, 1.82) is 0 Å². The molecule has 0 N–H and O–H groups in total. The van der Waals surface area contributed by atoms with E-state index < -0.39 is 33.3 Å². The van der Waals surface area contributed by atoms with E-state index in [0.717, 1.165) is 10.4 Å². The van der Waals surface area contributed by atoms with Crippen molar-refractivity contribution in [3.63, 3.8) is 0 Å². The molecule has 32 heavy (non-hydrogen) atoms. The van der Waals surface area contributed by atoms with E-state index in [-0.39, 0.29) is 18.3 Å². The van der Waals surface area contributed by atoms with Gasteiger partial charge in [0, 0.05) is 5.56 Å². The van der Waals surface area contributed by atoms with Gasteiger partial charge in [0.05, 0.1) is 29.3 Å². The summed E-state index contributed by atoms with van der Waals surface area (Å²) in [6.07, 6.45) is -4.98. The van der Waals surface area contributed by atoms with E-state index in [1.54, 1.807) is 60.7 Å². The molecule has 1 saturated heterocycles. The van der Waals surface area contributed by atoms with Crippen molar-refractivity contribution in [3.05, 3.63) is 90.0 Å². The molecule has 9 heteroatoms. The van der Waals surface area contributed by atoms with Crippen molar-refractivity contribution in [2.75, 3.05) is 17.5 Å². The highest BCUT2D eigenvalue weighted by molar-refractivity contribution is 7.92. The van der Waals surface area contributed by atoms with Crippen molar-refractivity contribution >= 4 is 21.4 Å². The van der Waals surface area contributed by atoms with Gasteiger partial charge in [-0.1, -0.05) is 48.5 Å². The third kappa shape index (κ3) is 5.05. The smallest absolute Gasteiger partial charge is 0.419 e. The Hall–Kier alpha value is -3.04. The number of anilines is 2. The first-order valence-electron chi connectivity index (χ1n) is 9.82. The van der Waals surface area contributed by atoms with E-state index in [2.05, 4.69) is 0 Å². The van der Waals surface area contributed by atoms with E-state index >= 15 is 0 Å².